The Balaban J connectivity index is 1.60. The monoisotopic (exact) mass is 368 g/mol. The number of nitrogens with zero attached hydrogens (tertiary/aromatic N) is 2. The maximum absolute atomic E-state index is 12.7. The van der Waals surface area contributed by atoms with Crippen LogP contribution in [0.25, 0.3) is 5.65 Å². The van der Waals surface area contributed by atoms with Crippen molar-refractivity contribution in [1.29, 1.82) is 0 Å². The number of ether oxygens (including phenoxy) is 2. The van der Waals surface area contributed by atoms with E-state index in [9.17, 15) is 14.4 Å². The summed E-state index contributed by atoms with van der Waals surface area (Å²) in [5.41, 5.74) is 1.63. The number of hydrogen-bond donors (Lipinski definition) is 2. The van der Waals surface area contributed by atoms with Gasteiger partial charge < -0.3 is 14.8 Å². The fourth-order valence-corrected chi connectivity index (χ4v) is 3.04. The van der Waals surface area contributed by atoms with E-state index in [1.54, 1.807) is 37.4 Å². The Bertz CT molecular complexity index is 1050. The number of H-pyrrole nitrogens is 1. The number of aromatic amines is 1. The maximum atomic E-state index is 12.7. The van der Waals surface area contributed by atoms with E-state index in [-0.39, 0.29) is 24.4 Å². The third-order valence-corrected chi connectivity index (χ3v) is 4.26. The van der Waals surface area contributed by atoms with Gasteiger partial charge in [0.05, 0.1) is 12.2 Å². The molecule has 3 aromatic rings. The molecule has 1 aliphatic heterocycles. The summed E-state index contributed by atoms with van der Waals surface area (Å²) in [7, 11) is 0. The fourth-order valence-electron chi connectivity index (χ4n) is 3.04. The number of rotatable bonds is 4. The van der Waals surface area contributed by atoms with E-state index < -0.39 is 23.9 Å². The highest BCUT2D eigenvalue weighted by Gasteiger charge is 2.32. The normalized spacial score (nSPS) is 15.9. The Labute approximate surface area is 153 Å². The van der Waals surface area contributed by atoms with Gasteiger partial charge in [-0.3, -0.25) is 9.89 Å². The van der Waals surface area contributed by atoms with Crippen molar-refractivity contribution in [1.82, 2.24) is 14.6 Å². The van der Waals surface area contributed by atoms with Crippen LogP contribution >= 0.6 is 0 Å². The second kappa shape index (κ2) is 6.60. The molecule has 0 saturated heterocycles. The van der Waals surface area contributed by atoms with Crippen molar-refractivity contribution in [3.63, 3.8) is 0 Å². The Kier molecular flexibility index (Phi) is 4.11. The van der Waals surface area contributed by atoms with Crippen LogP contribution in [0.4, 0.5) is 5.82 Å². The van der Waals surface area contributed by atoms with Crippen LogP contribution < -0.4 is 5.32 Å². The van der Waals surface area contributed by atoms with Gasteiger partial charge in [-0.05, 0) is 18.6 Å². The second-order valence-corrected chi connectivity index (χ2v) is 5.95. The van der Waals surface area contributed by atoms with Gasteiger partial charge in [-0.25, -0.2) is 19.1 Å². The van der Waals surface area contributed by atoms with E-state index in [0.29, 0.717) is 11.2 Å². The number of carbonyl (C=O) groups is 3. The van der Waals surface area contributed by atoms with Crippen LogP contribution in [0.1, 0.15) is 33.2 Å². The Morgan fingerprint density at radius 3 is 3.04 bits per heavy atom. The molecule has 0 bridgehead atoms. The molecular weight excluding hydrogens is 352 g/mol. The number of esters is 2. The summed E-state index contributed by atoms with van der Waals surface area (Å²) in [4.78, 5) is 41.2. The molecule has 1 atom stereocenters. The number of benzene rings is 1. The first-order valence-corrected chi connectivity index (χ1v) is 8.40. The predicted octanol–water partition coefficient (Wildman–Crippen LogP) is 1.56. The lowest BCUT2D eigenvalue weighted by molar-refractivity contribution is -0.125. The van der Waals surface area contributed by atoms with Gasteiger partial charge in [0.2, 0.25) is 0 Å². The lowest BCUT2D eigenvalue weighted by Gasteiger charge is -2.23. The standard InChI is InChI=1S/C18H16N4O5/c1-2-26-18(25)13-14(21-22-8-7-19-15(13)22)20-16(23)12-9-10-5-3-4-6-11(10)17(24)27-12/h3-8,12,21H,2,9H2,1H3,(H,20,23)/t12-/m0/s1. The first-order chi connectivity index (χ1) is 13.1. The highest BCUT2D eigenvalue weighted by atomic mass is 16.5. The van der Waals surface area contributed by atoms with Crippen molar-refractivity contribution in [2.24, 2.45) is 0 Å². The van der Waals surface area contributed by atoms with E-state index in [1.807, 2.05) is 0 Å². The van der Waals surface area contributed by atoms with Crippen LogP contribution in [0.3, 0.4) is 0 Å². The Hall–Kier alpha value is -3.62. The molecule has 0 radical (unpaired) electrons. The van der Waals surface area contributed by atoms with Crippen LogP contribution in [0, 0.1) is 0 Å². The fraction of sp³-hybridized carbons (Fsp3) is 0.222. The minimum Gasteiger partial charge on any atom is -0.462 e. The minimum atomic E-state index is -1.00. The van der Waals surface area contributed by atoms with Crippen LogP contribution in [-0.4, -0.2) is 45.2 Å². The smallest absolute Gasteiger partial charge is 0.345 e. The molecule has 9 nitrogen and oxygen atoms in total. The average molecular weight is 368 g/mol. The minimum absolute atomic E-state index is 0.109. The van der Waals surface area contributed by atoms with Gasteiger partial charge in [0.1, 0.15) is 11.4 Å². The first kappa shape index (κ1) is 16.8. The summed E-state index contributed by atoms with van der Waals surface area (Å²) in [5.74, 6) is -1.58. The molecule has 9 heteroatoms. The van der Waals surface area contributed by atoms with Gasteiger partial charge in [-0.1, -0.05) is 18.2 Å². The zero-order valence-corrected chi connectivity index (χ0v) is 14.4. The molecule has 0 aliphatic carbocycles. The van der Waals surface area contributed by atoms with Gasteiger partial charge in [-0.15, -0.1) is 0 Å². The number of nitrogens with one attached hydrogen (secondary N) is 2. The van der Waals surface area contributed by atoms with Crippen LogP contribution in [-0.2, 0) is 20.7 Å². The number of aromatic nitrogens is 3. The molecule has 0 fully saturated rings. The molecule has 3 heterocycles. The Morgan fingerprint density at radius 2 is 2.22 bits per heavy atom. The van der Waals surface area contributed by atoms with Gasteiger partial charge >= 0.3 is 11.9 Å². The van der Waals surface area contributed by atoms with Gasteiger partial charge in [-0.2, -0.15) is 0 Å². The van der Waals surface area contributed by atoms with Crippen LogP contribution in [0.15, 0.2) is 36.7 Å². The first-order valence-electron chi connectivity index (χ1n) is 8.40. The number of amides is 1. The largest absolute Gasteiger partial charge is 0.462 e. The molecule has 2 aromatic heterocycles. The zero-order chi connectivity index (χ0) is 19.0. The topological polar surface area (TPSA) is 115 Å². The molecule has 1 aliphatic rings. The predicted molar refractivity (Wildman–Crippen MR) is 93.5 cm³/mol. The van der Waals surface area contributed by atoms with Crippen molar-refractivity contribution in [2.45, 2.75) is 19.4 Å². The summed E-state index contributed by atoms with van der Waals surface area (Å²) >= 11 is 0. The van der Waals surface area contributed by atoms with Crippen LogP contribution in [0.5, 0.6) is 0 Å². The molecule has 27 heavy (non-hydrogen) atoms. The number of cyclic esters (lactones) is 1. The molecule has 0 unspecified atom stereocenters. The van der Waals surface area contributed by atoms with E-state index in [4.69, 9.17) is 9.47 Å². The molecule has 1 amide bonds. The quantitative estimate of drug-likeness (QED) is 0.676. The van der Waals surface area contributed by atoms with E-state index >= 15 is 0 Å². The van der Waals surface area contributed by atoms with Gasteiger partial charge in [0.25, 0.3) is 5.91 Å². The summed E-state index contributed by atoms with van der Waals surface area (Å²) in [6.07, 6.45) is 2.36. The van der Waals surface area contributed by atoms with Crippen molar-refractivity contribution in [2.75, 3.05) is 11.9 Å². The molecule has 0 saturated carbocycles. The van der Waals surface area contributed by atoms with Crippen molar-refractivity contribution in [3.05, 3.63) is 53.3 Å². The van der Waals surface area contributed by atoms with Crippen molar-refractivity contribution < 1.29 is 23.9 Å². The molecule has 138 valence electrons. The lowest BCUT2D eigenvalue weighted by atomic mass is 9.98. The number of carbonyl (C=O) groups excluding carboxylic acids is 3. The number of fused-ring (bicyclic) bond motifs is 2. The van der Waals surface area contributed by atoms with Crippen molar-refractivity contribution in [3.8, 4) is 0 Å². The Morgan fingerprint density at radius 1 is 1.41 bits per heavy atom. The van der Waals surface area contributed by atoms with E-state index in [0.717, 1.165) is 5.56 Å². The summed E-state index contributed by atoms with van der Waals surface area (Å²) in [6, 6.07) is 6.97. The van der Waals surface area contributed by atoms with E-state index in [2.05, 4.69) is 15.4 Å². The third-order valence-electron chi connectivity index (χ3n) is 4.26. The van der Waals surface area contributed by atoms with Crippen LogP contribution in [0.2, 0.25) is 0 Å². The molecule has 0 spiro atoms. The molecule has 2 N–H and O–H groups in total. The maximum Gasteiger partial charge on any atom is 0.345 e. The second-order valence-electron chi connectivity index (χ2n) is 5.95. The zero-order valence-electron chi connectivity index (χ0n) is 14.4. The molecule has 4 rings (SSSR count). The van der Waals surface area contributed by atoms with E-state index in [1.165, 1.54) is 10.7 Å². The number of hydrogen-bond acceptors (Lipinski definition) is 6. The SMILES string of the molecule is CCOC(=O)c1c(NC(=O)[C@@H]2Cc3ccccc3C(=O)O2)[nH]n2ccnc12. The average Bonchev–Trinajstić information content (AvgIpc) is 3.22. The van der Waals surface area contributed by atoms with Gasteiger partial charge in [0, 0.05) is 18.8 Å². The third kappa shape index (κ3) is 2.92. The lowest BCUT2D eigenvalue weighted by Crippen LogP contribution is -2.38. The summed E-state index contributed by atoms with van der Waals surface area (Å²) in [5, 5.41) is 5.48. The summed E-state index contributed by atoms with van der Waals surface area (Å²) < 4.78 is 11.8. The molecule has 1 aromatic carbocycles. The molecular formula is C18H16N4O5. The summed E-state index contributed by atoms with van der Waals surface area (Å²) in [6.45, 7) is 1.87. The van der Waals surface area contributed by atoms with Crippen molar-refractivity contribution >= 4 is 29.3 Å². The highest BCUT2D eigenvalue weighted by molar-refractivity contribution is 6.06. The number of imidazole rings is 1. The van der Waals surface area contributed by atoms with Gasteiger partial charge in [0.15, 0.2) is 11.8 Å². The highest BCUT2D eigenvalue weighted by Crippen LogP contribution is 2.24. The number of anilines is 1.